The van der Waals surface area contributed by atoms with Crippen LogP contribution in [0.2, 0.25) is 0 Å². The molecule has 88 valence electrons. The zero-order chi connectivity index (χ0) is 12.2. The number of nitrogen functional groups attached to an aromatic ring is 1. The van der Waals surface area contributed by atoms with Crippen molar-refractivity contribution in [1.29, 1.82) is 0 Å². The molecule has 0 aliphatic rings. The first-order valence-electron chi connectivity index (χ1n) is 4.15. The SMILES string of the molecule is COC(F)(F)F.Nc1nc2ccccc2s1. The number of ether oxygens (including phenoxy) is 1. The van der Waals surface area contributed by atoms with Gasteiger partial charge in [-0.3, -0.25) is 4.74 Å². The molecule has 0 amide bonds. The number of anilines is 1. The highest BCUT2D eigenvalue weighted by Crippen LogP contribution is 2.22. The summed E-state index contributed by atoms with van der Waals surface area (Å²) in [5.74, 6) is 0. The molecule has 0 bridgehead atoms. The maximum atomic E-state index is 10.6. The van der Waals surface area contributed by atoms with Gasteiger partial charge in [0.15, 0.2) is 5.13 Å². The lowest BCUT2D eigenvalue weighted by atomic mass is 10.3. The smallest absolute Gasteiger partial charge is 0.375 e. The number of hydrogen-bond acceptors (Lipinski definition) is 4. The third-order valence-corrected chi connectivity index (χ3v) is 2.41. The lowest BCUT2D eigenvalue weighted by Gasteiger charge is -1.97. The predicted octanol–water partition coefficient (Wildman–Crippen LogP) is 3.03. The van der Waals surface area contributed by atoms with Crippen molar-refractivity contribution in [1.82, 2.24) is 4.98 Å². The molecule has 0 saturated heterocycles. The maximum absolute atomic E-state index is 10.6. The van der Waals surface area contributed by atoms with E-state index in [9.17, 15) is 13.2 Å². The average molecular weight is 250 g/mol. The molecule has 2 rings (SSSR count). The standard InChI is InChI=1S/C7H6N2S.C2H3F3O/c8-7-9-5-3-1-2-4-6(5)10-7;1-6-2(3,4)5/h1-4H,(H2,8,9);1H3. The van der Waals surface area contributed by atoms with E-state index in [0.717, 1.165) is 10.2 Å². The van der Waals surface area contributed by atoms with E-state index in [2.05, 4.69) is 9.72 Å². The van der Waals surface area contributed by atoms with Gasteiger partial charge < -0.3 is 5.73 Å². The number of fused-ring (bicyclic) bond motifs is 1. The molecule has 1 heterocycles. The van der Waals surface area contributed by atoms with Crippen molar-refractivity contribution < 1.29 is 17.9 Å². The number of halogens is 3. The fraction of sp³-hybridized carbons (Fsp3) is 0.222. The minimum Gasteiger partial charge on any atom is -0.375 e. The number of aromatic nitrogens is 1. The summed E-state index contributed by atoms with van der Waals surface area (Å²) in [4.78, 5) is 4.11. The molecule has 0 unspecified atom stereocenters. The number of nitrogens with two attached hydrogens (primary N) is 1. The summed E-state index contributed by atoms with van der Waals surface area (Å²) in [5.41, 5.74) is 6.49. The fourth-order valence-electron chi connectivity index (χ4n) is 0.890. The number of thiazole rings is 1. The summed E-state index contributed by atoms with van der Waals surface area (Å²) in [6.07, 6.45) is -4.46. The molecule has 0 atom stereocenters. The van der Waals surface area contributed by atoms with Crippen LogP contribution < -0.4 is 5.73 Å². The lowest BCUT2D eigenvalue weighted by molar-refractivity contribution is -0.311. The van der Waals surface area contributed by atoms with Crippen LogP contribution in [0, 0.1) is 0 Å². The van der Waals surface area contributed by atoms with Crippen LogP contribution in [0.25, 0.3) is 10.2 Å². The molecular formula is C9H9F3N2OS. The zero-order valence-electron chi connectivity index (χ0n) is 8.28. The largest absolute Gasteiger partial charge is 0.522 e. The summed E-state index contributed by atoms with van der Waals surface area (Å²) in [7, 11) is 0.583. The van der Waals surface area contributed by atoms with Crippen molar-refractivity contribution in [2.75, 3.05) is 12.8 Å². The first-order chi connectivity index (χ1) is 7.42. The third-order valence-electron chi connectivity index (χ3n) is 1.54. The van der Waals surface area contributed by atoms with Gasteiger partial charge in [0.1, 0.15) is 0 Å². The van der Waals surface area contributed by atoms with Gasteiger partial charge in [-0.05, 0) is 12.1 Å². The van der Waals surface area contributed by atoms with Gasteiger partial charge in [-0.1, -0.05) is 23.5 Å². The van der Waals surface area contributed by atoms with Crippen molar-refractivity contribution in [3.05, 3.63) is 24.3 Å². The van der Waals surface area contributed by atoms with Crippen LogP contribution in [0.1, 0.15) is 0 Å². The summed E-state index contributed by atoms with van der Waals surface area (Å²) in [5, 5.41) is 0.640. The molecule has 1 aromatic carbocycles. The molecule has 0 saturated carbocycles. The van der Waals surface area contributed by atoms with Gasteiger partial charge >= 0.3 is 6.36 Å². The Morgan fingerprint density at radius 1 is 1.31 bits per heavy atom. The molecule has 0 spiro atoms. The Balaban J connectivity index is 0.000000187. The molecule has 1 aromatic heterocycles. The van der Waals surface area contributed by atoms with Crippen LogP contribution >= 0.6 is 11.3 Å². The van der Waals surface area contributed by atoms with E-state index in [4.69, 9.17) is 5.73 Å². The van der Waals surface area contributed by atoms with E-state index in [-0.39, 0.29) is 0 Å². The molecule has 0 fully saturated rings. The second-order valence-electron chi connectivity index (χ2n) is 2.67. The Bertz CT molecular complexity index is 422. The van der Waals surface area contributed by atoms with E-state index in [0.29, 0.717) is 12.2 Å². The highest BCUT2D eigenvalue weighted by molar-refractivity contribution is 7.22. The predicted molar refractivity (Wildman–Crippen MR) is 57.1 cm³/mol. The highest BCUT2D eigenvalue weighted by Gasteiger charge is 2.25. The average Bonchev–Trinajstić information content (AvgIpc) is 2.57. The normalized spacial score (nSPS) is 11.0. The summed E-state index contributed by atoms with van der Waals surface area (Å²) in [6.45, 7) is 0. The van der Waals surface area contributed by atoms with Gasteiger partial charge in [0.25, 0.3) is 0 Å². The molecular weight excluding hydrogens is 241 g/mol. The first kappa shape index (κ1) is 12.7. The van der Waals surface area contributed by atoms with E-state index in [1.165, 1.54) is 11.3 Å². The number of nitrogens with zero attached hydrogens (tertiary/aromatic N) is 1. The number of methoxy groups -OCH3 is 1. The number of para-hydroxylation sites is 1. The highest BCUT2D eigenvalue weighted by atomic mass is 32.1. The molecule has 16 heavy (non-hydrogen) atoms. The molecule has 0 radical (unpaired) electrons. The minimum atomic E-state index is -4.46. The van der Waals surface area contributed by atoms with Crippen molar-refractivity contribution in [2.24, 2.45) is 0 Å². The van der Waals surface area contributed by atoms with Gasteiger partial charge in [-0.25, -0.2) is 4.98 Å². The van der Waals surface area contributed by atoms with Gasteiger partial charge in [0.2, 0.25) is 0 Å². The molecule has 0 aliphatic heterocycles. The van der Waals surface area contributed by atoms with Crippen LogP contribution in [-0.2, 0) is 4.74 Å². The van der Waals surface area contributed by atoms with Crippen LogP contribution in [0.4, 0.5) is 18.3 Å². The lowest BCUT2D eigenvalue weighted by Crippen LogP contribution is -2.08. The number of rotatable bonds is 0. The second-order valence-corrected chi connectivity index (χ2v) is 3.73. The zero-order valence-corrected chi connectivity index (χ0v) is 9.10. The molecule has 2 aromatic rings. The van der Waals surface area contributed by atoms with Crippen molar-refractivity contribution in [2.45, 2.75) is 6.36 Å². The molecule has 0 aliphatic carbocycles. The van der Waals surface area contributed by atoms with Crippen LogP contribution in [-0.4, -0.2) is 18.5 Å². The summed E-state index contributed by atoms with van der Waals surface area (Å²) >= 11 is 1.52. The monoisotopic (exact) mass is 250 g/mol. The fourth-order valence-corrected chi connectivity index (χ4v) is 1.62. The topological polar surface area (TPSA) is 48.1 Å². The Morgan fingerprint density at radius 2 is 1.88 bits per heavy atom. The van der Waals surface area contributed by atoms with Crippen LogP contribution in [0.3, 0.4) is 0 Å². The van der Waals surface area contributed by atoms with E-state index in [1.807, 2.05) is 24.3 Å². The van der Waals surface area contributed by atoms with E-state index >= 15 is 0 Å². The number of alkyl halides is 3. The van der Waals surface area contributed by atoms with Crippen LogP contribution in [0.5, 0.6) is 0 Å². The molecule has 7 heteroatoms. The van der Waals surface area contributed by atoms with Gasteiger partial charge in [-0.15, -0.1) is 13.2 Å². The second kappa shape index (κ2) is 5.13. The quantitative estimate of drug-likeness (QED) is 0.781. The van der Waals surface area contributed by atoms with Crippen molar-refractivity contribution >= 4 is 26.7 Å². The van der Waals surface area contributed by atoms with E-state index < -0.39 is 6.36 Å². The van der Waals surface area contributed by atoms with Crippen LogP contribution in [0.15, 0.2) is 24.3 Å². The Labute approximate surface area is 93.7 Å². The van der Waals surface area contributed by atoms with Gasteiger partial charge in [-0.2, -0.15) is 0 Å². The Kier molecular flexibility index (Phi) is 4.08. The Morgan fingerprint density at radius 3 is 2.38 bits per heavy atom. The van der Waals surface area contributed by atoms with E-state index in [1.54, 1.807) is 0 Å². The summed E-state index contributed by atoms with van der Waals surface area (Å²) < 4.78 is 35.8. The molecule has 3 nitrogen and oxygen atoms in total. The van der Waals surface area contributed by atoms with Gasteiger partial charge in [0.05, 0.1) is 10.2 Å². The maximum Gasteiger partial charge on any atom is 0.522 e. The Hall–Kier alpha value is -1.34. The van der Waals surface area contributed by atoms with Crippen molar-refractivity contribution in [3.63, 3.8) is 0 Å². The molecule has 2 N–H and O–H groups in total. The van der Waals surface area contributed by atoms with Crippen molar-refractivity contribution in [3.8, 4) is 0 Å². The first-order valence-corrected chi connectivity index (χ1v) is 4.97. The minimum absolute atomic E-state index is 0.583. The summed E-state index contributed by atoms with van der Waals surface area (Å²) in [6, 6.07) is 7.92. The number of benzene rings is 1. The number of hydrogen-bond donors (Lipinski definition) is 1. The van der Waals surface area contributed by atoms with Gasteiger partial charge in [0, 0.05) is 7.11 Å². The third kappa shape index (κ3) is 4.03.